The number of rotatable bonds is 4. The first-order chi connectivity index (χ1) is 16.7. The maximum absolute atomic E-state index is 13.9. The van der Waals surface area contributed by atoms with Crippen LogP contribution < -0.4 is 0 Å². The number of phenolic OH excluding ortho intramolecular Hbond substituents is 1. The number of aryl methyl sites for hydroxylation is 3. The highest BCUT2D eigenvalue weighted by molar-refractivity contribution is 7.90. The average molecular weight is 484 g/mol. The first-order valence-electron chi connectivity index (χ1n) is 11.2. The molecule has 0 aliphatic heterocycles. The van der Waals surface area contributed by atoms with Crippen LogP contribution >= 0.6 is 0 Å². The summed E-state index contributed by atoms with van der Waals surface area (Å²) in [7, 11) is -3.94. The van der Waals surface area contributed by atoms with Gasteiger partial charge in [0.25, 0.3) is 10.0 Å². The van der Waals surface area contributed by atoms with E-state index in [9.17, 15) is 13.5 Å². The van der Waals surface area contributed by atoms with Crippen molar-refractivity contribution >= 4 is 21.1 Å². The topological polar surface area (TPSA) is 85.1 Å². The van der Waals surface area contributed by atoms with Gasteiger partial charge in [-0.1, -0.05) is 23.8 Å². The minimum Gasteiger partial charge on any atom is -0.508 e. The summed E-state index contributed by atoms with van der Waals surface area (Å²) in [4.78, 5) is 9.19. The third-order valence-electron chi connectivity index (χ3n) is 6.30. The van der Waals surface area contributed by atoms with Gasteiger partial charge in [-0.3, -0.25) is 4.98 Å². The molecule has 2 aromatic carbocycles. The molecule has 176 valence electrons. The van der Waals surface area contributed by atoms with Crippen LogP contribution in [0.3, 0.4) is 0 Å². The van der Waals surface area contributed by atoms with Crippen molar-refractivity contribution in [1.29, 1.82) is 0 Å². The van der Waals surface area contributed by atoms with E-state index in [1.54, 1.807) is 42.7 Å². The zero-order chi connectivity index (χ0) is 24.9. The van der Waals surface area contributed by atoms with Crippen molar-refractivity contribution in [3.05, 3.63) is 95.4 Å². The SMILES string of the molecule is Cc1ccc(S(=O)(=O)n2c(-c3ccc(C)nc3)cc3cc(-c4c(C)ccc(O)c4C)cnc32)cc1. The molecule has 0 amide bonds. The molecule has 35 heavy (non-hydrogen) atoms. The Balaban J connectivity index is 1.80. The number of aromatic hydroxyl groups is 1. The quantitative estimate of drug-likeness (QED) is 0.342. The number of hydrogen-bond donors (Lipinski definition) is 1. The zero-order valence-electron chi connectivity index (χ0n) is 19.9. The normalized spacial score (nSPS) is 11.8. The summed E-state index contributed by atoms with van der Waals surface area (Å²) in [5.41, 5.74) is 6.75. The molecule has 0 saturated heterocycles. The second kappa shape index (κ2) is 8.36. The number of benzene rings is 2. The molecule has 0 saturated carbocycles. The van der Waals surface area contributed by atoms with Gasteiger partial charge in [0.1, 0.15) is 5.75 Å². The fourth-order valence-electron chi connectivity index (χ4n) is 4.37. The maximum atomic E-state index is 13.9. The highest BCUT2D eigenvalue weighted by Crippen LogP contribution is 2.36. The van der Waals surface area contributed by atoms with E-state index in [4.69, 9.17) is 0 Å². The Kier molecular flexibility index (Phi) is 5.44. The molecule has 0 atom stereocenters. The summed E-state index contributed by atoms with van der Waals surface area (Å²) in [5, 5.41) is 10.9. The molecule has 0 radical (unpaired) electrons. The average Bonchev–Trinajstić information content (AvgIpc) is 3.22. The van der Waals surface area contributed by atoms with Crippen molar-refractivity contribution in [2.45, 2.75) is 32.6 Å². The molecule has 3 aromatic heterocycles. The standard InChI is InChI=1S/C28H25N3O3S/c1-17-5-10-24(11-6-17)35(33,34)31-25(21-9-8-19(3)29-15-21)14-22-13-23(16-30-28(22)31)27-18(2)7-12-26(32)20(27)4/h5-16,32H,1-4H3. The first kappa shape index (κ1) is 22.8. The minimum atomic E-state index is -3.94. The van der Waals surface area contributed by atoms with Gasteiger partial charge in [0, 0.05) is 34.6 Å². The molecule has 3 heterocycles. The van der Waals surface area contributed by atoms with Crippen LogP contribution in [0, 0.1) is 27.7 Å². The van der Waals surface area contributed by atoms with Crippen LogP contribution in [0.25, 0.3) is 33.4 Å². The highest BCUT2D eigenvalue weighted by Gasteiger charge is 2.25. The van der Waals surface area contributed by atoms with Gasteiger partial charge in [-0.25, -0.2) is 17.4 Å². The van der Waals surface area contributed by atoms with E-state index >= 15 is 0 Å². The molecule has 5 rings (SSSR count). The number of nitrogens with zero attached hydrogens (tertiary/aromatic N) is 3. The van der Waals surface area contributed by atoms with Crippen LogP contribution in [0.2, 0.25) is 0 Å². The largest absolute Gasteiger partial charge is 0.508 e. The van der Waals surface area contributed by atoms with Gasteiger partial charge in [-0.2, -0.15) is 0 Å². The lowest BCUT2D eigenvalue weighted by Gasteiger charge is -2.13. The summed E-state index contributed by atoms with van der Waals surface area (Å²) >= 11 is 0. The van der Waals surface area contributed by atoms with Crippen LogP contribution in [0.5, 0.6) is 5.75 Å². The van der Waals surface area contributed by atoms with Crippen LogP contribution in [0.15, 0.2) is 78.0 Å². The van der Waals surface area contributed by atoms with Crippen LogP contribution in [-0.4, -0.2) is 27.5 Å². The van der Waals surface area contributed by atoms with Gasteiger partial charge in [0.05, 0.1) is 10.6 Å². The van der Waals surface area contributed by atoms with Gasteiger partial charge < -0.3 is 5.11 Å². The van der Waals surface area contributed by atoms with Crippen LogP contribution in [-0.2, 0) is 10.0 Å². The summed E-state index contributed by atoms with van der Waals surface area (Å²) in [6, 6.07) is 17.8. The molecular formula is C28H25N3O3S. The Morgan fingerprint density at radius 3 is 2.20 bits per heavy atom. The maximum Gasteiger partial charge on any atom is 0.269 e. The molecule has 5 aromatic rings. The molecule has 0 aliphatic carbocycles. The van der Waals surface area contributed by atoms with Crippen molar-refractivity contribution in [2.75, 3.05) is 0 Å². The number of phenols is 1. The molecule has 0 unspecified atom stereocenters. The Labute approximate surface area is 204 Å². The zero-order valence-corrected chi connectivity index (χ0v) is 20.8. The van der Waals surface area contributed by atoms with E-state index in [0.717, 1.165) is 33.5 Å². The van der Waals surface area contributed by atoms with E-state index in [-0.39, 0.29) is 10.6 Å². The van der Waals surface area contributed by atoms with Gasteiger partial charge in [-0.15, -0.1) is 0 Å². The second-order valence-electron chi connectivity index (χ2n) is 8.84. The smallest absolute Gasteiger partial charge is 0.269 e. The highest BCUT2D eigenvalue weighted by atomic mass is 32.2. The molecular weight excluding hydrogens is 458 g/mol. The second-order valence-corrected chi connectivity index (χ2v) is 10.6. The first-order valence-corrected chi connectivity index (χ1v) is 12.7. The number of pyridine rings is 2. The summed E-state index contributed by atoms with van der Waals surface area (Å²) in [5.74, 6) is 0.205. The van der Waals surface area contributed by atoms with Crippen LogP contribution in [0.1, 0.15) is 22.4 Å². The molecule has 6 nitrogen and oxygen atoms in total. The summed E-state index contributed by atoms with van der Waals surface area (Å²) in [6.45, 7) is 7.64. The van der Waals surface area contributed by atoms with Crippen molar-refractivity contribution < 1.29 is 13.5 Å². The number of hydrogen-bond acceptors (Lipinski definition) is 5. The van der Waals surface area contributed by atoms with Gasteiger partial charge in [0.15, 0.2) is 5.65 Å². The third-order valence-corrected chi connectivity index (χ3v) is 8.02. The predicted molar refractivity (Wildman–Crippen MR) is 138 cm³/mol. The van der Waals surface area contributed by atoms with Gasteiger partial charge >= 0.3 is 0 Å². The van der Waals surface area contributed by atoms with Crippen molar-refractivity contribution in [1.82, 2.24) is 13.9 Å². The van der Waals surface area contributed by atoms with E-state index < -0.39 is 10.0 Å². The Morgan fingerprint density at radius 2 is 1.51 bits per heavy atom. The van der Waals surface area contributed by atoms with Gasteiger partial charge in [-0.05, 0) is 86.8 Å². The van der Waals surface area contributed by atoms with Gasteiger partial charge in [0.2, 0.25) is 0 Å². The van der Waals surface area contributed by atoms with Crippen molar-refractivity contribution in [3.8, 4) is 28.1 Å². The molecule has 7 heteroatoms. The predicted octanol–water partition coefficient (Wildman–Crippen LogP) is 5.94. The summed E-state index contributed by atoms with van der Waals surface area (Å²) < 4.78 is 29.0. The minimum absolute atomic E-state index is 0.187. The molecule has 0 spiro atoms. The Hall–Kier alpha value is -3.97. The monoisotopic (exact) mass is 483 g/mol. The molecule has 0 fully saturated rings. The Bertz CT molecular complexity index is 1690. The molecule has 0 aliphatic rings. The van der Waals surface area contributed by atoms with E-state index in [1.165, 1.54) is 3.97 Å². The van der Waals surface area contributed by atoms with E-state index in [1.807, 2.05) is 58.0 Å². The summed E-state index contributed by atoms with van der Waals surface area (Å²) in [6.07, 6.45) is 3.34. The fourth-order valence-corrected chi connectivity index (χ4v) is 5.85. The number of aromatic nitrogens is 3. The molecule has 1 N–H and O–H groups in total. The Morgan fingerprint density at radius 1 is 0.800 bits per heavy atom. The number of fused-ring (bicyclic) bond motifs is 1. The molecule has 0 bridgehead atoms. The van der Waals surface area contributed by atoms with E-state index in [2.05, 4.69) is 9.97 Å². The lowest BCUT2D eigenvalue weighted by molar-refractivity contribution is 0.471. The van der Waals surface area contributed by atoms with E-state index in [0.29, 0.717) is 22.3 Å². The lowest BCUT2D eigenvalue weighted by atomic mass is 9.96. The lowest BCUT2D eigenvalue weighted by Crippen LogP contribution is -2.14. The van der Waals surface area contributed by atoms with Crippen LogP contribution in [0.4, 0.5) is 0 Å². The fraction of sp³-hybridized carbons (Fsp3) is 0.143. The third kappa shape index (κ3) is 3.88. The van der Waals surface area contributed by atoms with Crippen molar-refractivity contribution in [3.63, 3.8) is 0 Å². The van der Waals surface area contributed by atoms with Crippen molar-refractivity contribution in [2.24, 2.45) is 0 Å².